The molecule has 2 aromatic carbocycles. The number of hydrogen-bond acceptors (Lipinski definition) is 4. The third kappa shape index (κ3) is 7.58. The lowest BCUT2D eigenvalue weighted by Crippen LogP contribution is -2.47. The standard InChI is InChI=1S/C23H28Cl2FN3O4S/c1-4-27-23(31)16(2)28(15-17-8-5-6-9-20(17)26)22(30)10-7-13-29(34(3,32)33)21-14-18(24)11-12-19(21)25/h5-6,8-9,11-12,14,16H,4,7,10,13,15H2,1-3H3,(H,27,31). The quantitative estimate of drug-likeness (QED) is 0.469. The van der Waals surface area contributed by atoms with Crippen LogP contribution in [0.4, 0.5) is 10.1 Å². The van der Waals surface area contributed by atoms with Gasteiger partial charge in [-0.25, -0.2) is 12.8 Å². The number of nitrogens with zero attached hydrogens (tertiary/aromatic N) is 2. The lowest BCUT2D eigenvalue weighted by molar-refractivity contribution is -0.140. The Morgan fingerprint density at radius 1 is 1.15 bits per heavy atom. The van der Waals surface area contributed by atoms with Crippen molar-refractivity contribution in [1.82, 2.24) is 10.2 Å². The lowest BCUT2D eigenvalue weighted by Gasteiger charge is -2.29. The Morgan fingerprint density at radius 2 is 1.82 bits per heavy atom. The second-order valence-electron chi connectivity index (χ2n) is 7.72. The van der Waals surface area contributed by atoms with Crippen LogP contribution in [0.15, 0.2) is 42.5 Å². The van der Waals surface area contributed by atoms with Crippen LogP contribution >= 0.6 is 23.2 Å². The van der Waals surface area contributed by atoms with Crippen LogP contribution < -0.4 is 9.62 Å². The van der Waals surface area contributed by atoms with E-state index in [0.717, 1.165) is 10.6 Å². The second-order valence-corrected chi connectivity index (χ2v) is 10.5. The van der Waals surface area contributed by atoms with Crippen LogP contribution in [-0.2, 0) is 26.2 Å². The van der Waals surface area contributed by atoms with E-state index in [0.29, 0.717) is 11.6 Å². The highest BCUT2D eigenvalue weighted by Gasteiger charge is 2.27. The first-order valence-electron chi connectivity index (χ1n) is 10.7. The van der Waals surface area contributed by atoms with Gasteiger partial charge < -0.3 is 10.2 Å². The zero-order chi connectivity index (χ0) is 25.5. The Hall–Kier alpha value is -2.36. The number of likely N-dealkylation sites (N-methyl/N-ethyl adjacent to an activating group) is 1. The molecular formula is C23H28Cl2FN3O4S. The van der Waals surface area contributed by atoms with Gasteiger partial charge in [0.2, 0.25) is 21.8 Å². The molecule has 186 valence electrons. The second kappa shape index (κ2) is 12.4. The van der Waals surface area contributed by atoms with E-state index in [1.807, 2.05) is 0 Å². The molecule has 0 bridgehead atoms. The summed E-state index contributed by atoms with van der Waals surface area (Å²) in [6.45, 7) is 3.58. The summed E-state index contributed by atoms with van der Waals surface area (Å²) in [6.07, 6.45) is 1.11. The highest BCUT2D eigenvalue weighted by atomic mass is 35.5. The van der Waals surface area contributed by atoms with E-state index in [9.17, 15) is 22.4 Å². The van der Waals surface area contributed by atoms with Gasteiger partial charge in [0, 0.05) is 36.6 Å². The van der Waals surface area contributed by atoms with Crippen molar-refractivity contribution < 1.29 is 22.4 Å². The lowest BCUT2D eigenvalue weighted by atomic mass is 10.1. The molecule has 2 rings (SSSR count). The van der Waals surface area contributed by atoms with E-state index in [4.69, 9.17) is 23.2 Å². The van der Waals surface area contributed by atoms with Gasteiger partial charge in [-0.1, -0.05) is 41.4 Å². The van der Waals surface area contributed by atoms with Crippen LogP contribution in [0.5, 0.6) is 0 Å². The third-order valence-corrected chi connectivity index (χ3v) is 6.88. The van der Waals surface area contributed by atoms with Gasteiger partial charge in [-0.15, -0.1) is 0 Å². The van der Waals surface area contributed by atoms with E-state index in [1.54, 1.807) is 38.1 Å². The maximum atomic E-state index is 14.2. The molecule has 0 saturated heterocycles. The minimum atomic E-state index is -3.72. The van der Waals surface area contributed by atoms with Crippen molar-refractivity contribution in [3.8, 4) is 0 Å². The number of halogens is 3. The van der Waals surface area contributed by atoms with E-state index in [-0.39, 0.29) is 48.1 Å². The Morgan fingerprint density at radius 3 is 2.44 bits per heavy atom. The molecule has 1 N–H and O–H groups in total. The number of carbonyl (C=O) groups excluding carboxylic acids is 2. The minimum absolute atomic E-state index is 0.0340. The molecule has 1 atom stereocenters. The number of nitrogens with one attached hydrogen (secondary N) is 1. The predicted octanol–water partition coefficient (Wildman–Crippen LogP) is 4.23. The van der Waals surface area contributed by atoms with Crippen molar-refractivity contribution in [2.24, 2.45) is 0 Å². The van der Waals surface area contributed by atoms with Crippen LogP contribution in [0, 0.1) is 5.82 Å². The molecule has 0 aliphatic carbocycles. The fraction of sp³-hybridized carbons (Fsp3) is 0.391. The molecule has 34 heavy (non-hydrogen) atoms. The molecule has 0 spiro atoms. The molecule has 0 saturated carbocycles. The fourth-order valence-electron chi connectivity index (χ4n) is 3.37. The third-order valence-electron chi connectivity index (χ3n) is 5.15. The number of benzene rings is 2. The average Bonchev–Trinajstić information content (AvgIpc) is 2.76. The number of amides is 2. The topological polar surface area (TPSA) is 86.8 Å². The average molecular weight is 532 g/mol. The van der Waals surface area contributed by atoms with Crippen LogP contribution in [0.1, 0.15) is 32.3 Å². The maximum Gasteiger partial charge on any atom is 0.242 e. The summed E-state index contributed by atoms with van der Waals surface area (Å²) in [6, 6.07) is 9.65. The van der Waals surface area contributed by atoms with E-state index >= 15 is 0 Å². The van der Waals surface area contributed by atoms with Gasteiger partial charge in [0.25, 0.3) is 0 Å². The molecule has 0 aromatic heterocycles. The highest BCUT2D eigenvalue weighted by Crippen LogP contribution is 2.31. The van der Waals surface area contributed by atoms with Gasteiger partial charge in [-0.05, 0) is 44.5 Å². The normalized spacial score (nSPS) is 12.2. The van der Waals surface area contributed by atoms with Gasteiger partial charge >= 0.3 is 0 Å². The first kappa shape index (κ1) is 27.9. The van der Waals surface area contributed by atoms with Crippen LogP contribution in [0.25, 0.3) is 0 Å². The summed E-state index contributed by atoms with van der Waals surface area (Å²) in [5.74, 6) is -1.26. The zero-order valence-electron chi connectivity index (χ0n) is 19.2. The van der Waals surface area contributed by atoms with Crippen LogP contribution in [0.2, 0.25) is 10.0 Å². The van der Waals surface area contributed by atoms with Gasteiger partial charge in [-0.2, -0.15) is 0 Å². The summed E-state index contributed by atoms with van der Waals surface area (Å²) in [5, 5.41) is 3.18. The molecule has 7 nitrogen and oxygen atoms in total. The molecule has 11 heteroatoms. The minimum Gasteiger partial charge on any atom is -0.355 e. The summed E-state index contributed by atoms with van der Waals surface area (Å²) in [7, 11) is -3.72. The number of hydrogen-bond donors (Lipinski definition) is 1. The monoisotopic (exact) mass is 531 g/mol. The molecule has 2 amide bonds. The van der Waals surface area contributed by atoms with Gasteiger partial charge in [0.1, 0.15) is 11.9 Å². The molecule has 0 heterocycles. The number of carbonyl (C=O) groups is 2. The summed E-state index contributed by atoms with van der Waals surface area (Å²) >= 11 is 12.2. The molecule has 0 aliphatic rings. The smallest absolute Gasteiger partial charge is 0.242 e. The maximum absolute atomic E-state index is 14.2. The Balaban J connectivity index is 2.20. The molecule has 2 aromatic rings. The number of sulfonamides is 1. The van der Waals surface area contributed by atoms with Crippen LogP contribution in [0.3, 0.4) is 0 Å². The van der Waals surface area contributed by atoms with Gasteiger partial charge in [0.15, 0.2) is 0 Å². The Labute approximate surface area is 209 Å². The van der Waals surface area contributed by atoms with E-state index < -0.39 is 27.8 Å². The zero-order valence-corrected chi connectivity index (χ0v) is 21.6. The molecule has 0 aliphatic heterocycles. The number of anilines is 1. The summed E-state index contributed by atoms with van der Waals surface area (Å²) < 4.78 is 40.1. The fourth-order valence-corrected chi connectivity index (χ4v) is 4.78. The van der Waals surface area contributed by atoms with Gasteiger partial charge in [-0.3, -0.25) is 13.9 Å². The number of rotatable bonds is 11. The van der Waals surface area contributed by atoms with Crippen LogP contribution in [-0.4, -0.2) is 50.5 Å². The first-order valence-corrected chi connectivity index (χ1v) is 13.3. The van der Waals surface area contributed by atoms with E-state index in [1.165, 1.54) is 23.1 Å². The summed E-state index contributed by atoms with van der Waals surface area (Å²) in [4.78, 5) is 26.8. The summed E-state index contributed by atoms with van der Waals surface area (Å²) in [5.41, 5.74) is 0.485. The Kier molecular flexibility index (Phi) is 10.1. The highest BCUT2D eigenvalue weighted by molar-refractivity contribution is 7.92. The van der Waals surface area contributed by atoms with Crippen molar-refractivity contribution in [3.63, 3.8) is 0 Å². The van der Waals surface area contributed by atoms with Crippen molar-refractivity contribution in [3.05, 3.63) is 63.9 Å². The van der Waals surface area contributed by atoms with Crippen molar-refractivity contribution in [2.75, 3.05) is 23.7 Å². The van der Waals surface area contributed by atoms with Crippen molar-refractivity contribution in [1.29, 1.82) is 0 Å². The Bertz CT molecular complexity index is 1130. The first-order chi connectivity index (χ1) is 16.0. The molecule has 0 radical (unpaired) electrons. The van der Waals surface area contributed by atoms with Gasteiger partial charge in [0.05, 0.1) is 17.0 Å². The largest absolute Gasteiger partial charge is 0.355 e. The van der Waals surface area contributed by atoms with Crippen molar-refractivity contribution in [2.45, 2.75) is 39.3 Å². The van der Waals surface area contributed by atoms with E-state index in [2.05, 4.69) is 5.32 Å². The molecule has 0 fully saturated rings. The van der Waals surface area contributed by atoms with Crippen molar-refractivity contribution >= 4 is 50.7 Å². The SMILES string of the molecule is CCNC(=O)C(C)N(Cc1ccccc1F)C(=O)CCCN(c1cc(Cl)ccc1Cl)S(C)(=O)=O. The molecule has 1 unspecified atom stereocenters. The molecular weight excluding hydrogens is 504 g/mol. The predicted molar refractivity (Wildman–Crippen MR) is 133 cm³/mol.